The topological polar surface area (TPSA) is 88.3 Å². The second-order valence-electron chi connectivity index (χ2n) is 7.80. The fourth-order valence-electron chi connectivity index (χ4n) is 3.89. The summed E-state index contributed by atoms with van der Waals surface area (Å²) in [6, 6.07) is 14.0. The minimum atomic E-state index is -0.441. The van der Waals surface area contributed by atoms with E-state index in [0.29, 0.717) is 11.3 Å². The lowest BCUT2D eigenvalue weighted by molar-refractivity contribution is -0.384. The second kappa shape index (κ2) is 9.11. The third-order valence-electron chi connectivity index (χ3n) is 5.52. The smallest absolute Gasteiger partial charge is 0.338 e. The Morgan fingerprint density at radius 3 is 2.42 bits per heavy atom. The van der Waals surface area contributed by atoms with E-state index in [1.165, 1.54) is 23.9 Å². The van der Waals surface area contributed by atoms with Crippen molar-refractivity contribution in [3.63, 3.8) is 0 Å². The number of carbonyl (C=O) groups excluding carboxylic acids is 1. The van der Waals surface area contributed by atoms with Crippen molar-refractivity contribution in [3.05, 3.63) is 86.5 Å². The first-order valence-corrected chi connectivity index (χ1v) is 11.3. The Morgan fingerprint density at radius 2 is 1.85 bits per heavy atom. The van der Waals surface area contributed by atoms with Crippen LogP contribution in [0.25, 0.3) is 5.70 Å². The molecule has 2 heterocycles. The summed E-state index contributed by atoms with van der Waals surface area (Å²) >= 11 is 1.46. The molecule has 1 atom stereocenters. The Hall–Kier alpha value is -3.59. The highest BCUT2D eigenvalue weighted by Gasteiger charge is 2.41. The van der Waals surface area contributed by atoms with Gasteiger partial charge in [0.25, 0.3) is 5.69 Å². The number of rotatable bonds is 6. The van der Waals surface area contributed by atoms with E-state index in [2.05, 4.69) is 4.99 Å². The van der Waals surface area contributed by atoms with Gasteiger partial charge in [-0.05, 0) is 49.2 Å². The molecule has 2 aliphatic rings. The standard InChI is InChI=1S/C24H24N4O4S/c1-5-32-23(29)21-15(2)25-24-27(22(21)17-8-10-18(11-9-17)26(3)4)20(14-33-24)16-6-12-19(13-7-16)28(30)31/h6-14,22H,5H2,1-4H3/t22-/m1/s1. The summed E-state index contributed by atoms with van der Waals surface area (Å²) < 4.78 is 5.39. The minimum absolute atomic E-state index is 0.0244. The van der Waals surface area contributed by atoms with Crippen LogP contribution in [0.15, 0.2) is 70.2 Å². The quantitative estimate of drug-likeness (QED) is 0.339. The lowest BCUT2D eigenvalue weighted by Gasteiger charge is -2.36. The van der Waals surface area contributed by atoms with Crippen LogP contribution in [-0.4, -0.2) is 41.7 Å². The van der Waals surface area contributed by atoms with Crippen LogP contribution < -0.4 is 4.90 Å². The molecule has 0 saturated heterocycles. The van der Waals surface area contributed by atoms with Gasteiger partial charge in [-0.15, -0.1) is 0 Å². The molecule has 0 unspecified atom stereocenters. The fraction of sp³-hybridized carbons (Fsp3) is 0.250. The maximum Gasteiger partial charge on any atom is 0.338 e. The molecular weight excluding hydrogens is 440 g/mol. The van der Waals surface area contributed by atoms with E-state index in [-0.39, 0.29) is 12.3 Å². The molecule has 33 heavy (non-hydrogen) atoms. The summed E-state index contributed by atoms with van der Waals surface area (Å²) in [5, 5.41) is 13.8. The highest BCUT2D eigenvalue weighted by atomic mass is 32.2. The van der Waals surface area contributed by atoms with Gasteiger partial charge < -0.3 is 14.5 Å². The first kappa shape index (κ1) is 22.6. The number of thioether (sulfide) groups is 1. The number of anilines is 1. The molecule has 0 spiro atoms. The number of amidine groups is 1. The minimum Gasteiger partial charge on any atom is -0.463 e. The maximum absolute atomic E-state index is 13.0. The van der Waals surface area contributed by atoms with Gasteiger partial charge in [0, 0.05) is 37.3 Å². The van der Waals surface area contributed by atoms with Crippen molar-refractivity contribution in [2.24, 2.45) is 4.99 Å². The normalized spacial score (nSPS) is 17.3. The molecule has 2 aromatic rings. The Bertz CT molecular complexity index is 1180. The van der Waals surface area contributed by atoms with Crippen LogP contribution in [-0.2, 0) is 9.53 Å². The zero-order valence-corrected chi connectivity index (χ0v) is 19.6. The van der Waals surface area contributed by atoms with Crippen LogP contribution in [0, 0.1) is 10.1 Å². The van der Waals surface area contributed by atoms with E-state index < -0.39 is 16.9 Å². The molecule has 9 heteroatoms. The number of allylic oxidation sites excluding steroid dienone is 1. The summed E-state index contributed by atoms with van der Waals surface area (Å²) in [6.45, 7) is 3.86. The molecule has 0 amide bonds. The Kier molecular flexibility index (Phi) is 6.24. The number of carbonyl (C=O) groups is 1. The highest BCUT2D eigenvalue weighted by molar-refractivity contribution is 8.16. The lowest BCUT2D eigenvalue weighted by Crippen LogP contribution is -2.36. The average molecular weight is 465 g/mol. The van der Waals surface area contributed by atoms with Gasteiger partial charge in [-0.2, -0.15) is 0 Å². The van der Waals surface area contributed by atoms with Crippen molar-refractivity contribution < 1.29 is 14.5 Å². The van der Waals surface area contributed by atoms with Gasteiger partial charge in [-0.3, -0.25) is 10.1 Å². The number of non-ortho nitro benzene ring substituents is 1. The van der Waals surface area contributed by atoms with Gasteiger partial charge in [0.05, 0.1) is 34.5 Å². The van der Waals surface area contributed by atoms with Crippen LogP contribution >= 0.6 is 11.8 Å². The molecule has 170 valence electrons. The molecular formula is C24H24N4O4S. The number of benzene rings is 2. The predicted octanol–water partition coefficient (Wildman–Crippen LogP) is 4.96. The Balaban J connectivity index is 1.81. The van der Waals surface area contributed by atoms with Gasteiger partial charge >= 0.3 is 5.97 Å². The number of nitrogens with zero attached hydrogens (tertiary/aromatic N) is 4. The summed E-state index contributed by atoms with van der Waals surface area (Å²) in [5.74, 6) is -0.403. The third kappa shape index (κ3) is 4.23. The number of fused-ring (bicyclic) bond motifs is 1. The molecule has 0 bridgehead atoms. The van der Waals surface area contributed by atoms with E-state index in [1.807, 2.05) is 60.5 Å². The summed E-state index contributed by atoms with van der Waals surface area (Å²) in [7, 11) is 3.95. The first-order valence-electron chi connectivity index (χ1n) is 10.5. The van der Waals surface area contributed by atoms with Crippen molar-refractivity contribution in [3.8, 4) is 0 Å². The van der Waals surface area contributed by atoms with E-state index in [9.17, 15) is 14.9 Å². The molecule has 0 radical (unpaired) electrons. The largest absolute Gasteiger partial charge is 0.463 e. The number of hydrogen-bond acceptors (Lipinski definition) is 8. The molecule has 0 saturated carbocycles. The predicted molar refractivity (Wildman–Crippen MR) is 131 cm³/mol. The summed E-state index contributed by atoms with van der Waals surface area (Å²) in [5.41, 5.74) is 4.71. The molecule has 8 nitrogen and oxygen atoms in total. The van der Waals surface area contributed by atoms with Gasteiger partial charge in [0.15, 0.2) is 5.17 Å². The lowest BCUT2D eigenvalue weighted by atomic mass is 9.93. The van der Waals surface area contributed by atoms with E-state index in [0.717, 1.165) is 27.7 Å². The van der Waals surface area contributed by atoms with Crippen molar-refractivity contribution >= 4 is 40.0 Å². The third-order valence-corrected chi connectivity index (χ3v) is 6.36. The first-order chi connectivity index (χ1) is 15.8. The summed E-state index contributed by atoms with van der Waals surface area (Å²) in [4.78, 5) is 32.4. The van der Waals surface area contributed by atoms with Crippen molar-refractivity contribution in [1.29, 1.82) is 0 Å². The molecule has 0 aliphatic carbocycles. The summed E-state index contributed by atoms with van der Waals surface area (Å²) in [6.07, 6.45) is 0. The number of nitro groups is 1. The second-order valence-corrected chi connectivity index (χ2v) is 8.63. The zero-order valence-electron chi connectivity index (χ0n) is 18.8. The van der Waals surface area contributed by atoms with Crippen LogP contribution in [0.1, 0.15) is 31.0 Å². The maximum atomic E-state index is 13.0. The number of nitro benzene ring substituents is 1. The fourth-order valence-corrected chi connectivity index (χ4v) is 4.86. The van der Waals surface area contributed by atoms with Crippen LogP contribution in [0.4, 0.5) is 11.4 Å². The zero-order chi connectivity index (χ0) is 23.7. The number of hydrogen-bond donors (Lipinski definition) is 0. The highest BCUT2D eigenvalue weighted by Crippen LogP contribution is 2.47. The number of aliphatic imine (C=N–C) groups is 1. The van der Waals surface area contributed by atoms with Crippen LogP contribution in [0.5, 0.6) is 0 Å². The van der Waals surface area contributed by atoms with Crippen LogP contribution in [0.3, 0.4) is 0 Å². The Labute approximate surface area is 196 Å². The van der Waals surface area contributed by atoms with Crippen LogP contribution in [0.2, 0.25) is 0 Å². The van der Waals surface area contributed by atoms with E-state index in [1.54, 1.807) is 19.1 Å². The molecule has 0 N–H and O–H groups in total. The molecule has 0 aromatic heterocycles. The van der Waals surface area contributed by atoms with E-state index in [4.69, 9.17) is 4.74 Å². The van der Waals surface area contributed by atoms with E-state index >= 15 is 0 Å². The average Bonchev–Trinajstić information content (AvgIpc) is 3.21. The van der Waals surface area contributed by atoms with Gasteiger partial charge in [-0.25, -0.2) is 9.79 Å². The van der Waals surface area contributed by atoms with Crippen molar-refractivity contribution in [1.82, 2.24) is 4.90 Å². The molecule has 4 rings (SSSR count). The molecule has 2 aliphatic heterocycles. The molecule has 0 fully saturated rings. The molecule has 2 aromatic carbocycles. The van der Waals surface area contributed by atoms with Crippen molar-refractivity contribution in [2.75, 3.05) is 25.6 Å². The SMILES string of the molecule is CCOC(=O)C1=C(C)N=C2SC=C(c3ccc([N+](=O)[O-])cc3)N2[C@@H]1c1ccc(N(C)C)cc1. The number of ether oxygens (including phenoxy) is 1. The van der Waals surface area contributed by atoms with Gasteiger partial charge in [0.2, 0.25) is 0 Å². The van der Waals surface area contributed by atoms with Gasteiger partial charge in [-0.1, -0.05) is 23.9 Å². The monoisotopic (exact) mass is 464 g/mol. The van der Waals surface area contributed by atoms with Gasteiger partial charge in [0.1, 0.15) is 0 Å². The number of esters is 1. The van der Waals surface area contributed by atoms with Crippen molar-refractivity contribution in [2.45, 2.75) is 19.9 Å². The Morgan fingerprint density at radius 1 is 1.18 bits per heavy atom.